The Kier molecular flexibility index (Phi) is 3.45. The van der Waals surface area contributed by atoms with Gasteiger partial charge in [0.05, 0.1) is 16.8 Å². The molecule has 0 aliphatic carbocycles. The topological polar surface area (TPSA) is 36.7 Å². The smallest absolute Gasteiger partial charge is 0.235 e. The molecule has 0 fully saturated rings. The molecule has 0 atom stereocenters. The van der Waals surface area contributed by atoms with Crippen LogP contribution in [0.3, 0.4) is 0 Å². The molecular formula is C13H6ClF3N2. The highest BCUT2D eigenvalue weighted by Crippen LogP contribution is 2.32. The lowest BCUT2D eigenvalue weighted by atomic mass is 10.0. The first-order valence-electron chi connectivity index (χ1n) is 5.16. The van der Waals surface area contributed by atoms with Gasteiger partial charge in [0.1, 0.15) is 11.2 Å². The normalized spacial score (nSPS) is 11.1. The molecule has 1 aromatic heterocycles. The van der Waals surface area contributed by atoms with Crippen LogP contribution in [-0.2, 0) is 6.18 Å². The predicted octanol–water partition coefficient (Wildman–Crippen LogP) is 4.29. The largest absolute Gasteiger partial charge is 0.416 e. The van der Waals surface area contributed by atoms with Crippen molar-refractivity contribution in [3.05, 3.63) is 52.7 Å². The summed E-state index contributed by atoms with van der Waals surface area (Å²) in [7, 11) is 0. The van der Waals surface area contributed by atoms with E-state index < -0.39 is 11.7 Å². The fraction of sp³-hybridized carbons (Fsp3) is 0.0769. The van der Waals surface area contributed by atoms with Crippen molar-refractivity contribution in [2.24, 2.45) is 0 Å². The second-order valence-corrected chi connectivity index (χ2v) is 4.11. The molecule has 0 unspecified atom stereocenters. The molecular weight excluding hydrogens is 277 g/mol. The van der Waals surface area contributed by atoms with Gasteiger partial charge in [0.2, 0.25) is 0 Å². The van der Waals surface area contributed by atoms with Gasteiger partial charge in [-0.1, -0.05) is 23.7 Å². The van der Waals surface area contributed by atoms with E-state index in [0.29, 0.717) is 0 Å². The molecule has 1 aromatic carbocycles. The molecule has 1 heterocycles. The molecule has 0 N–H and O–H groups in total. The summed E-state index contributed by atoms with van der Waals surface area (Å²) in [5.41, 5.74) is -0.283. The average molecular weight is 283 g/mol. The van der Waals surface area contributed by atoms with Gasteiger partial charge in [-0.15, -0.1) is 0 Å². The summed E-state index contributed by atoms with van der Waals surface area (Å²) in [4.78, 5) is 3.91. The van der Waals surface area contributed by atoms with E-state index in [1.807, 2.05) is 6.07 Å². The van der Waals surface area contributed by atoms with Crippen LogP contribution in [0.1, 0.15) is 11.1 Å². The van der Waals surface area contributed by atoms with Gasteiger partial charge in [-0.2, -0.15) is 18.4 Å². The second-order valence-electron chi connectivity index (χ2n) is 3.72. The van der Waals surface area contributed by atoms with Crippen molar-refractivity contribution in [1.29, 1.82) is 5.26 Å². The van der Waals surface area contributed by atoms with E-state index in [2.05, 4.69) is 4.98 Å². The summed E-state index contributed by atoms with van der Waals surface area (Å²) in [6, 6.07) is 9.33. The molecule has 6 heteroatoms. The molecule has 0 aliphatic heterocycles. The van der Waals surface area contributed by atoms with Gasteiger partial charge in [0.25, 0.3) is 0 Å². The highest BCUT2D eigenvalue weighted by Gasteiger charge is 2.30. The number of nitriles is 1. The van der Waals surface area contributed by atoms with Crippen LogP contribution >= 0.6 is 11.6 Å². The maximum atomic E-state index is 12.6. The summed E-state index contributed by atoms with van der Waals surface area (Å²) in [5, 5.41) is 9.06. The minimum absolute atomic E-state index is 0.117. The van der Waals surface area contributed by atoms with Crippen molar-refractivity contribution in [2.45, 2.75) is 6.18 Å². The van der Waals surface area contributed by atoms with E-state index in [1.54, 1.807) is 0 Å². The quantitative estimate of drug-likeness (QED) is 0.732. The minimum atomic E-state index is -4.44. The van der Waals surface area contributed by atoms with Crippen LogP contribution in [0.15, 0.2) is 36.4 Å². The molecule has 0 aliphatic rings. The number of hydrogen-bond donors (Lipinski definition) is 0. The van der Waals surface area contributed by atoms with Gasteiger partial charge < -0.3 is 0 Å². The molecule has 0 spiro atoms. The monoisotopic (exact) mass is 282 g/mol. The molecule has 0 amide bonds. The van der Waals surface area contributed by atoms with Crippen LogP contribution in [0.2, 0.25) is 5.15 Å². The number of pyridine rings is 1. The first-order valence-corrected chi connectivity index (χ1v) is 5.54. The summed E-state index contributed by atoms with van der Waals surface area (Å²) < 4.78 is 37.9. The van der Waals surface area contributed by atoms with Crippen LogP contribution in [-0.4, -0.2) is 4.98 Å². The summed E-state index contributed by atoms with van der Waals surface area (Å²) in [6.07, 6.45) is -4.44. The molecule has 96 valence electrons. The standard InChI is InChI=1S/C13H6ClF3N2/c14-11-5-4-9(7-18)12(19-11)8-2-1-3-10(6-8)13(15,16)17/h1-6H. The summed E-state index contributed by atoms with van der Waals surface area (Å²) in [5.74, 6) is 0. The number of hydrogen-bond acceptors (Lipinski definition) is 2. The van der Waals surface area contributed by atoms with E-state index in [9.17, 15) is 13.2 Å². The van der Waals surface area contributed by atoms with Crippen molar-refractivity contribution < 1.29 is 13.2 Å². The van der Waals surface area contributed by atoms with Gasteiger partial charge in [-0.25, -0.2) is 4.98 Å². The fourth-order valence-electron chi connectivity index (χ4n) is 1.59. The van der Waals surface area contributed by atoms with Gasteiger partial charge in [0, 0.05) is 5.56 Å². The SMILES string of the molecule is N#Cc1ccc(Cl)nc1-c1cccc(C(F)(F)F)c1. The Balaban J connectivity index is 2.60. The maximum Gasteiger partial charge on any atom is 0.416 e. The van der Waals surface area contributed by atoms with Crippen LogP contribution in [0, 0.1) is 11.3 Å². The van der Waals surface area contributed by atoms with Crippen LogP contribution in [0.25, 0.3) is 11.3 Å². The Hall–Kier alpha value is -2.06. The maximum absolute atomic E-state index is 12.6. The van der Waals surface area contributed by atoms with E-state index in [1.165, 1.54) is 24.3 Å². The highest BCUT2D eigenvalue weighted by atomic mass is 35.5. The Labute approximate surface area is 112 Å². The molecule has 2 rings (SSSR count). The van der Waals surface area contributed by atoms with Gasteiger partial charge in [-0.05, 0) is 24.3 Å². The number of aromatic nitrogens is 1. The second kappa shape index (κ2) is 4.90. The van der Waals surface area contributed by atoms with Crippen molar-refractivity contribution in [3.63, 3.8) is 0 Å². The predicted molar refractivity (Wildman–Crippen MR) is 64.4 cm³/mol. The lowest BCUT2D eigenvalue weighted by Gasteiger charge is -2.09. The minimum Gasteiger partial charge on any atom is -0.235 e. The fourth-order valence-corrected chi connectivity index (χ4v) is 1.74. The van der Waals surface area contributed by atoms with Crippen LogP contribution in [0.4, 0.5) is 13.2 Å². The summed E-state index contributed by atoms with van der Waals surface area (Å²) in [6.45, 7) is 0. The van der Waals surface area contributed by atoms with E-state index in [4.69, 9.17) is 16.9 Å². The number of nitrogens with zero attached hydrogens (tertiary/aromatic N) is 2. The first kappa shape index (κ1) is 13.4. The molecule has 2 nitrogen and oxygen atoms in total. The number of benzene rings is 1. The molecule has 0 radical (unpaired) electrons. The van der Waals surface area contributed by atoms with Crippen molar-refractivity contribution in [3.8, 4) is 17.3 Å². The van der Waals surface area contributed by atoms with E-state index in [0.717, 1.165) is 12.1 Å². The van der Waals surface area contributed by atoms with Gasteiger partial charge >= 0.3 is 6.18 Å². The Bertz CT molecular complexity index is 660. The zero-order valence-electron chi connectivity index (χ0n) is 9.37. The number of halogens is 4. The average Bonchev–Trinajstić information content (AvgIpc) is 2.38. The van der Waals surface area contributed by atoms with E-state index in [-0.39, 0.29) is 22.0 Å². The third kappa shape index (κ3) is 2.85. The van der Waals surface area contributed by atoms with Crippen molar-refractivity contribution >= 4 is 11.6 Å². The van der Waals surface area contributed by atoms with Crippen LogP contribution < -0.4 is 0 Å². The van der Waals surface area contributed by atoms with Gasteiger partial charge in [-0.3, -0.25) is 0 Å². The van der Waals surface area contributed by atoms with Crippen molar-refractivity contribution in [1.82, 2.24) is 4.98 Å². The Morgan fingerprint density at radius 2 is 1.89 bits per heavy atom. The highest BCUT2D eigenvalue weighted by molar-refractivity contribution is 6.29. The molecule has 2 aromatic rings. The van der Waals surface area contributed by atoms with Crippen LogP contribution in [0.5, 0.6) is 0 Å². The molecule has 19 heavy (non-hydrogen) atoms. The van der Waals surface area contributed by atoms with E-state index >= 15 is 0 Å². The van der Waals surface area contributed by atoms with Gasteiger partial charge in [0.15, 0.2) is 0 Å². The number of rotatable bonds is 1. The third-order valence-corrected chi connectivity index (χ3v) is 2.66. The molecule has 0 saturated carbocycles. The molecule has 0 bridgehead atoms. The first-order chi connectivity index (χ1) is 8.91. The van der Waals surface area contributed by atoms with Crippen molar-refractivity contribution in [2.75, 3.05) is 0 Å². The summed E-state index contributed by atoms with van der Waals surface area (Å²) >= 11 is 5.71. The third-order valence-electron chi connectivity index (χ3n) is 2.45. The zero-order chi connectivity index (χ0) is 14.0. The number of alkyl halides is 3. The lowest BCUT2D eigenvalue weighted by molar-refractivity contribution is -0.137. The Morgan fingerprint density at radius 1 is 1.16 bits per heavy atom. The Morgan fingerprint density at radius 3 is 2.53 bits per heavy atom. The zero-order valence-corrected chi connectivity index (χ0v) is 10.1. The molecule has 0 saturated heterocycles. The lowest BCUT2D eigenvalue weighted by Crippen LogP contribution is -2.04.